The van der Waals surface area contributed by atoms with Crippen LogP contribution in [0.3, 0.4) is 0 Å². The van der Waals surface area contributed by atoms with Crippen molar-refractivity contribution in [3.8, 4) is 11.1 Å². The molecular weight excluding hydrogens is 520 g/mol. The molecule has 0 aromatic heterocycles. The standard InChI is InChI=1S/C33H40N2O6/c1-32(2,33-16-20-13-21(17-33)15-22(14-20)18-33)41-30(38)34-12-11-28(29(36)37)35-31(39)40-19-27-25-9-5-3-7-23(25)24-8-4-6-10-26(24)27/h3-10,20-22,27-28H,11-19H2,1-2H3,(H,34,38)(H,35,39)(H,36,37)/t20?,21?,22?,28-,33?/m1/s1. The highest BCUT2D eigenvalue weighted by Crippen LogP contribution is 2.64. The van der Waals surface area contributed by atoms with Gasteiger partial charge in [-0.3, -0.25) is 0 Å². The van der Waals surface area contributed by atoms with Gasteiger partial charge in [0, 0.05) is 17.9 Å². The van der Waals surface area contributed by atoms with Crippen molar-refractivity contribution in [2.45, 2.75) is 76.4 Å². The molecule has 7 rings (SSSR count). The molecule has 5 aliphatic rings. The van der Waals surface area contributed by atoms with Crippen molar-refractivity contribution in [3.05, 3.63) is 59.7 Å². The Morgan fingerprint density at radius 2 is 1.44 bits per heavy atom. The highest BCUT2D eigenvalue weighted by Gasteiger charge is 2.58. The number of ether oxygens (including phenoxy) is 2. The van der Waals surface area contributed by atoms with Gasteiger partial charge in [0.1, 0.15) is 18.2 Å². The number of amides is 2. The van der Waals surface area contributed by atoms with E-state index in [2.05, 4.69) is 22.8 Å². The highest BCUT2D eigenvalue weighted by atomic mass is 16.6. The summed E-state index contributed by atoms with van der Waals surface area (Å²) in [6, 6.07) is 14.8. The first kappa shape index (κ1) is 27.6. The molecule has 4 bridgehead atoms. The summed E-state index contributed by atoms with van der Waals surface area (Å²) in [6.45, 7) is 4.20. The Kier molecular flexibility index (Phi) is 7.20. The quantitative estimate of drug-likeness (QED) is 0.342. The first-order valence-corrected chi connectivity index (χ1v) is 15.0. The fraction of sp³-hybridized carbons (Fsp3) is 0.545. The van der Waals surface area contributed by atoms with Crippen LogP contribution in [0.4, 0.5) is 9.59 Å². The number of hydrogen-bond donors (Lipinski definition) is 3. The molecule has 8 nitrogen and oxygen atoms in total. The number of benzene rings is 2. The predicted octanol–water partition coefficient (Wildman–Crippen LogP) is 6.09. The molecule has 3 N–H and O–H groups in total. The van der Waals surface area contributed by atoms with Gasteiger partial charge in [0.2, 0.25) is 0 Å². The first-order chi connectivity index (χ1) is 19.6. The Labute approximate surface area is 241 Å². The molecule has 0 heterocycles. The molecule has 0 unspecified atom stereocenters. The van der Waals surface area contributed by atoms with Crippen LogP contribution in [0.1, 0.15) is 75.8 Å². The molecule has 5 aliphatic carbocycles. The Balaban J connectivity index is 0.990. The number of fused-ring (bicyclic) bond motifs is 3. The highest BCUT2D eigenvalue weighted by molar-refractivity contribution is 5.81. The predicted molar refractivity (Wildman–Crippen MR) is 153 cm³/mol. The number of rotatable bonds is 9. The lowest BCUT2D eigenvalue weighted by Crippen LogP contribution is -2.58. The minimum absolute atomic E-state index is 0.00637. The maximum absolute atomic E-state index is 12.8. The second-order valence-corrected chi connectivity index (χ2v) is 13.2. The molecule has 2 aromatic rings. The minimum Gasteiger partial charge on any atom is -0.480 e. The fourth-order valence-electron chi connectivity index (χ4n) is 8.58. The smallest absolute Gasteiger partial charge is 0.407 e. The van der Waals surface area contributed by atoms with Crippen LogP contribution in [-0.2, 0) is 14.3 Å². The van der Waals surface area contributed by atoms with E-state index in [1.54, 1.807) is 0 Å². The molecule has 41 heavy (non-hydrogen) atoms. The van der Waals surface area contributed by atoms with E-state index in [1.807, 2.05) is 50.2 Å². The van der Waals surface area contributed by atoms with Crippen LogP contribution in [-0.4, -0.2) is 48.1 Å². The number of carbonyl (C=O) groups is 3. The van der Waals surface area contributed by atoms with Gasteiger partial charge in [-0.1, -0.05) is 48.5 Å². The van der Waals surface area contributed by atoms with Gasteiger partial charge in [-0.15, -0.1) is 0 Å². The largest absolute Gasteiger partial charge is 0.480 e. The maximum atomic E-state index is 12.8. The third-order valence-corrected chi connectivity index (χ3v) is 10.3. The average Bonchev–Trinajstić information content (AvgIpc) is 3.24. The summed E-state index contributed by atoms with van der Waals surface area (Å²) >= 11 is 0. The van der Waals surface area contributed by atoms with Crippen LogP contribution in [0.25, 0.3) is 11.1 Å². The molecular formula is C33H40N2O6. The van der Waals surface area contributed by atoms with E-state index in [4.69, 9.17) is 9.47 Å². The van der Waals surface area contributed by atoms with Crippen LogP contribution in [0, 0.1) is 23.2 Å². The molecule has 0 aliphatic heterocycles. The summed E-state index contributed by atoms with van der Waals surface area (Å²) < 4.78 is 11.5. The Hall–Kier alpha value is -3.55. The second-order valence-electron chi connectivity index (χ2n) is 13.2. The second kappa shape index (κ2) is 10.7. The average molecular weight is 561 g/mol. The van der Waals surface area contributed by atoms with E-state index < -0.39 is 29.8 Å². The van der Waals surface area contributed by atoms with E-state index in [-0.39, 0.29) is 30.9 Å². The normalized spacial score (nSPS) is 26.5. The van der Waals surface area contributed by atoms with Crippen molar-refractivity contribution in [2.24, 2.45) is 23.2 Å². The number of carboxylic acid groups (broad SMARTS) is 1. The third-order valence-electron chi connectivity index (χ3n) is 10.3. The third kappa shape index (κ3) is 5.29. The molecule has 4 saturated carbocycles. The maximum Gasteiger partial charge on any atom is 0.407 e. The summed E-state index contributed by atoms with van der Waals surface area (Å²) in [6.07, 6.45) is 5.95. The van der Waals surface area contributed by atoms with Crippen LogP contribution < -0.4 is 10.6 Å². The summed E-state index contributed by atoms with van der Waals surface area (Å²) in [7, 11) is 0. The van der Waals surface area contributed by atoms with Gasteiger partial charge in [0.15, 0.2) is 0 Å². The van der Waals surface area contributed by atoms with Gasteiger partial charge in [0.25, 0.3) is 0 Å². The molecule has 2 amide bonds. The summed E-state index contributed by atoms with van der Waals surface area (Å²) in [4.78, 5) is 37.3. The number of carbonyl (C=O) groups excluding carboxylic acids is 2. The Morgan fingerprint density at radius 1 is 0.902 bits per heavy atom. The van der Waals surface area contributed by atoms with E-state index in [9.17, 15) is 19.5 Å². The minimum atomic E-state index is -1.21. The number of carboxylic acids is 1. The van der Waals surface area contributed by atoms with E-state index in [0.29, 0.717) is 0 Å². The van der Waals surface area contributed by atoms with Gasteiger partial charge < -0.3 is 25.2 Å². The van der Waals surface area contributed by atoms with Crippen molar-refractivity contribution in [2.75, 3.05) is 13.2 Å². The van der Waals surface area contributed by atoms with Crippen molar-refractivity contribution < 1.29 is 29.0 Å². The lowest BCUT2D eigenvalue weighted by atomic mass is 9.46. The van der Waals surface area contributed by atoms with Crippen molar-refractivity contribution in [1.82, 2.24) is 10.6 Å². The van der Waals surface area contributed by atoms with Crippen molar-refractivity contribution >= 4 is 18.2 Å². The Bertz CT molecular complexity index is 1260. The topological polar surface area (TPSA) is 114 Å². The van der Waals surface area contributed by atoms with Crippen LogP contribution in [0.5, 0.6) is 0 Å². The lowest BCUT2D eigenvalue weighted by Gasteiger charge is -2.61. The summed E-state index contributed by atoms with van der Waals surface area (Å²) in [5, 5.41) is 14.9. The van der Waals surface area contributed by atoms with Gasteiger partial charge >= 0.3 is 18.2 Å². The van der Waals surface area contributed by atoms with E-state index in [1.165, 1.54) is 19.3 Å². The molecule has 1 atom stereocenters. The molecule has 8 heteroatoms. The van der Waals surface area contributed by atoms with Gasteiger partial charge in [-0.2, -0.15) is 0 Å². The SMILES string of the molecule is CC(C)(OC(=O)NCC[C@@H](NC(=O)OCC1c2ccccc2-c2ccccc21)C(=O)O)C12CC3CC(CC(C3)C1)C2. The monoisotopic (exact) mass is 560 g/mol. The van der Waals surface area contributed by atoms with Crippen molar-refractivity contribution in [1.29, 1.82) is 0 Å². The molecule has 0 radical (unpaired) electrons. The lowest BCUT2D eigenvalue weighted by molar-refractivity contribution is -0.162. The molecule has 218 valence electrons. The van der Waals surface area contributed by atoms with Gasteiger partial charge in [-0.05, 0) is 98.8 Å². The zero-order valence-corrected chi connectivity index (χ0v) is 23.9. The zero-order valence-electron chi connectivity index (χ0n) is 23.9. The number of hydrogen-bond acceptors (Lipinski definition) is 5. The van der Waals surface area contributed by atoms with E-state index in [0.717, 1.165) is 59.3 Å². The number of alkyl carbamates (subject to hydrolysis) is 2. The van der Waals surface area contributed by atoms with Crippen LogP contribution in [0.2, 0.25) is 0 Å². The Morgan fingerprint density at radius 3 is 1.98 bits per heavy atom. The zero-order chi connectivity index (χ0) is 28.8. The van der Waals surface area contributed by atoms with Gasteiger partial charge in [-0.25, -0.2) is 14.4 Å². The first-order valence-electron chi connectivity index (χ1n) is 15.0. The summed E-state index contributed by atoms with van der Waals surface area (Å²) in [5.74, 6) is 0.917. The molecule has 4 fully saturated rings. The summed E-state index contributed by atoms with van der Waals surface area (Å²) in [5.41, 5.74) is 3.81. The van der Waals surface area contributed by atoms with E-state index >= 15 is 0 Å². The molecule has 0 saturated heterocycles. The van der Waals surface area contributed by atoms with Crippen LogP contribution >= 0.6 is 0 Å². The number of aliphatic carboxylic acids is 1. The van der Waals surface area contributed by atoms with Crippen LogP contribution in [0.15, 0.2) is 48.5 Å². The van der Waals surface area contributed by atoms with Crippen molar-refractivity contribution in [3.63, 3.8) is 0 Å². The fourth-order valence-corrected chi connectivity index (χ4v) is 8.58. The molecule has 2 aromatic carbocycles. The van der Waals surface area contributed by atoms with Gasteiger partial charge in [0.05, 0.1) is 0 Å². The molecule has 0 spiro atoms. The number of nitrogens with one attached hydrogen (secondary N) is 2.